The highest BCUT2D eigenvalue weighted by Crippen LogP contribution is 2.95. The second-order valence-electron chi connectivity index (χ2n) is 3.65. The number of urea groups is 2. The van der Waals surface area contributed by atoms with Crippen LogP contribution in [0, 0.1) is 0 Å². The Kier molecular flexibility index (Phi) is 3.82. The van der Waals surface area contributed by atoms with Crippen LogP contribution in [0.5, 0.6) is 0 Å². The predicted octanol–water partition coefficient (Wildman–Crippen LogP) is 4.01. The number of halogens is 10. The first kappa shape index (κ1) is 20.5. The number of rotatable bonds is 5. The smallest absolute Gasteiger partial charge is 0.335 e. The minimum absolute atomic E-state index is 0.577. The fourth-order valence-electron chi connectivity index (χ4n) is 0.775. The molecule has 0 aromatic heterocycles. The Morgan fingerprint density at radius 1 is 0.591 bits per heavy atom. The summed E-state index contributed by atoms with van der Waals surface area (Å²) in [5.41, 5.74) is 0. The molecule has 0 aliphatic heterocycles. The summed E-state index contributed by atoms with van der Waals surface area (Å²) in [6.45, 7) is -2.12. The van der Waals surface area contributed by atoms with Crippen molar-refractivity contribution in [3.8, 4) is 0 Å². The van der Waals surface area contributed by atoms with Crippen molar-refractivity contribution in [2.24, 2.45) is 0 Å². The minimum atomic E-state index is -10.3. The first-order valence-corrected chi connectivity index (χ1v) is 8.47. The number of nitrogens with one attached hydrogen (secondary N) is 4. The van der Waals surface area contributed by atoms with Gasteiger partial charge in [0.1, 0.15) is 0 Å². The average molecular weight is 398 g/mol. The highest BCUT2D eigenvalue weighted by molar-refractivity contribution is 8.44. The molecule has 6 nitrogen and oxygen atoms in total. The van der Waals surface area contributed by atoms with Crippen molar-refractivity contribution >= 4 is 32.9 Å². The highest BCUT2D eigenvalue weighted by Gasteiger charge is 2.65. The van der Waals surface area contributed by atoms with E-state index in [1.165, 1.54) is 0 Å². The number of hydrogen-bond acceptors (Lipinski definition) is 2. The van der Waals surface area contributed by atoms with Gasteiger partial charge in [-0.05, 0) is 0 Å². The summed E-state index contributed by atoms with van der Waals surface area (Å²) in [6, 6.07) is -4.90. The van der Waals surface area contributed by atoms with Crippen LogP contribution in [0.1, 0.15) is 0 Å². The van der Waals surface area contributed by atoms with Gasteiger partial charge in [-0.25, -0.2) is 19.0 Å². The normalized spacial score (nSPS) is 18.8. The van der Waals surface area contributed by atoms with Crippen LogP contribution in [-0.4, -0.2) is 25.2 Å². The molecule has 22 heavy (non-hydrogen) atoms. The van der Waals surface area contributed by atoms with E-state index in [1.54, 1.807) is 0 Å². The van der Waals surface area contributed by atoms with E-state index >= 15 is 0 Å². The molecule has 0 aliphatic rings. The van der Waals surface area contributed by atoms with Crippen molar-refractivity contribution in [3.05, 3.63) is 0 Å². The molecule has 0 atom stereocenters. The zero-order valence-electron chi connectivity index (χ0n) is 9.83. The van der Waals surface area contributed by atoms with Crippen molar-refractivity contribution in [1.29, 1.82) is 0 Å². The Morgan fingerprint density at radius 2 is 0.818 bits per heavy atom. The molecule has 0 unspecified atom stereocenters. The molecule has 0 aliphatic carbocycles. The number of amides is 4. The fraction of sp³-hybridized carbons (Fsp3) is 0.500. The van der Waals surface area contributed by atoms with Gasteiger partial charge in [-0.3, -0.25) is 0 Å². The molecule has 0 spiro atoms. The van der Waals surface area contributed by atoms with Gasteiger partial charge in [-0.2, -0.15) is 0 Å². The summed E-state index contributed by atoms with van der Waals surface area (Å²) in [6.07, 6.45) is 0. The van der Waals surface area contributed by atoms with Crippen LogP contribution in [0.4, 0.5) is 48.4 Å². The lowest BCUT2D eigenvalue weighted by molar-refractivity contribution is 0.234. The van der Waals surface area contributed by atoms with Crippen LogP contribution < -0.4 is 20.1 Å². The molecule has 18 heteroatoms. The number of carbonyl (C=O) groups excluding carboxylic acids is 2. The lowest BCUT2D eigenvalue weighted by Crippen LogP contribution is -2.46. The zero-order chi connectivity index (χ0) is 18.2. The Labute approximate surface area is 115 Å². The van der Waals surface area contributed by atoms with Gasteiger partial charge < -0.3 is 10.6 Å². The van der Waals surface area contributed by atoms with Crippen molar-refractivity contribution in [1.82, 2.24) is 20.1 Å². The van der Waals surface area contributed by atoms with Gasteiger partial charge in [0, 0.05) is 13.1 Å². The van der Waals surface area contributed by atoms with Crippen LogP contribution in [0.25, 0.3) is 0 Å². The minimum Gasteiger partial charge on any atom is -0.335 e. The summed E-state index contributed by atoms with van der Waals surface area (Å²) >= 11 is 0. The van der Waals surface area contributed by atoms with E-state index in [2.05, 4.69) is 0 Å². The van der Waals surface area contributed by atoms with Gasteiger partial charge in [-0.15, -0.1) is 0 Å². The molecule has 0 aromatic rings. The zero-order valence-corrected chi connectivity index (χ0v) is 11.5. The van der Waals surface area contributed by atoms with Gasteiger partial charge in [0.25, 0.3) is 0 Å². The lowest BCUT2D eigenvalue weighted by Gasteiger charge is -2.40. The maximum Gasteiger partial charge on any atom is 0.365 e. The summed E-state index contributed by atoms with van der Waals surface area (Å²) in [5, 5.41) is 2.21. The van der Waals surface area contributed by atoms with E-state index in [4.69, 9.17) is 0 Å². The third kappa shape index (κ3) is 14.9. The summed E-state index contributed by atoms with van der Waals surface area (Å²) in [7, 11) is -20.5. The van der Waals surface area contributed by atoms with Crippen LogP contribution in [0.3, 0.4) is 0 Å². The molecular weight excluding hydrogens is 390 g/mol. The first-order chi connectivity index (χ1) is 8.95. The molecule has 0 saturated heterocycles. The predicted molar refractivity (Wildman–Crippen MR) is 59.3 cm³/mol. The monoisotopic (exact) mass is 398 g/mol. The third-order valence-corrected chi connectivity index (χ3v) is 2.41. The number of hydrogen-bond donors (Lipinski definition) is 4. The Bertz CT molecular complexity index is 435. The Morgan fingerprint density at radius 3 is 1.00 bits per heavy atom. The van der Waals surface area contributed by atoms with Crippen LogP contribution in [-0.2, 0) is 0 Å². The second kappa shape index (κ2) is 4.09. The quantitative estimate of drug-likeness (QED) is 0.417. The second-order valence-corrected chi connectivity index (χ2v) is 7.94. The van der Waals surface area contributed by atoms with Crippen LogP contribution in [0.2, 0.25) is 0 Å². The van der Waals surface area contributed by atoms with Crippen LogP contribution >= 0.6 is 20.8 Å². The fourth-order valence-corrected chi connectivity index (χ4v) is 1.62. The average Bonchev–Trinajstić information content (AvgIpc) is 2.00. The maximum absolute atomic E-state index is 11.7. The maximum atomic E-state index is 11.7. The molecule has 0 heterocycles. The molecular formula is C4H8F10N4O2S2. The number of carbonyl (C=O) groups is 2. The van der Waals surface area contributed by atoms with Crippen molar-refractivity contribution < 1.29 is 48.4 Å². The molecule has 4 amide bonds. The largest absolute Gasteiger partial charge is 0.365 e. The van der Waals surface area contributed by atoms with Gasteiger partial charge in [0.05, 0.1) is 0 Å². The molecule has 0 aromatic carbocycles. The summed E-state index contributed by atoms with van der Waals surface area (Å²) in [4.78, 5) is 20.9. The van der Waals surface area contributed by atoms with Crippen LogP contribution in [0.15, 0.2) is 0 Å². The topological polar surface area (TPSA) is 82.3 Å². The van der Waals surface area contributed by atoms with Gasteiger partial charge in [0.15, 0.2) is 0 Å². The van der Waals surface area contributed by atoms with Gasteiger partial charge in [0.2, 0.25) is 0 Å². The molecule has 0 bridgehead atoms. The van der Waals surface area contributed by atoms with Crippen molar-refractivity contribution in [2.75, 3.05) is 13.1 Å². The van der Waals surface area contributed by atoms with Crippen molar-refractivity contribution in [2.45, 2.75) is 0 Å². The SMILES string of the molecule is O=C(NCCNC(=O)NS(F)(F)(F)(F)F)NS(F)(F)(F)(F)F. The van der Waals surface area contributed by atoms with E-state index in [9.17, 15) is 48.4 Å². The summed E-state index contributed by atoms with van der Waals surface area (Å²) in [5.74, 6) is 0. The Balaban J connectivity index is 4.22. The lowest BCUT2D eigenvalue weighted by atomic mass is 10.6. The first-order valence-electron chi connectivity index (χ1n) is 4.57. The van der Waals surface area contributed by atoms with E-state index in [-0.39, 0.29) is 0 Å². The highest BCUT2D eigenvalue weighted by atomic mass is 32.5. The van der Waals surface area contributed by atoms with E-state index in [0.717, 1.165) is 10.6 Å². The molecule has 138 valence electrons. The molecule has 0 radical (unpaired) electrons. The molecule has 4 N–H and O–H groups in total. The van der Waals surface area contributed by atoms with Gasteiger partial charge >= 0.3 is 32.9 Å². The third-order valence-electron chi connectivity index (χ3n) is 1.27. The standard InChI is InChI=1S/C4H8F10N4O2S2/c5-21(6,7,8,9)17-3(19)15-1-2-16-4(20)18-22(10,11,12,13)14/h1-2H2,(H2,15,17,19)(H2,16,18,20). The van der Waals surface area contributed by atoms with Crippen molar-refractivity contribution in [3.63, 3.8) is 0 Å². The van der Waals surface area contributed by atoms with E-state index < -0.39 is 55.4 Å². The Hall–Kier alpha value is -1.46. The molecule has 0 saturated carbocycles. The van der Waals surface area contributed by atoms with E-state index in [1.807, 2.05) is 0 Å². The van der Waals surface area contributed by atoms with E-state index in [0.29, 0.717) is 0 Å². The molecule has 0 rings (SSSR count). The summed E-state index contributed by atoms with van der Waals surface area (Å²) < 4.78 is 116. The molecule has 0 fully saturated rings. The van der Waals surface area contributed by atoms with Gasteiger partial charge in [-0.1, -0.05) is 38.9 Å².